The summed E-state index contributed by atoms with van der Waals surface area (Å²) in [6.45, 7) is 6.98. The van der Waals surface area contributed by atoms with Crippen LogP contribution in [-0.2, 0) is 11.3 Å². The normalized spacial score (nSPS) is 22.3. The van der Waals surface area contributed by atoms with Crippen molar-refractivity contribution in [2.75, 3.05) is 52.9 Å². The van der Waals surface area contributed by atoms with Gasteiger partial charge >= 0.3 is 6.09 Å². The lowest BCUT2D eigenvalue weighted by Crippen LogP contribution is -2.48. The van der Waals surface area contributed by atoms with Gasteiger partial charge in [-0.2, -0.15) is 0 Å². The molecule has 2 aliphatic rings. The Morgan fingerprint density at radius 1 is 1.18 bits per heavy atom. The maximum Gasteiger partial charge on any atom is 0.409 e. The Morgan fingerprint density at radius 3 is 2.53 bits per heavy atom. The third-order valence-corrected chi connectivity index (χ3v) is 6.81. The number of carbonyl (C=O) groups is 1. The first-order valence-corrected chi connectivity index (χ1v) is 11.7. The van der Waals surface area contributed by atoms with E-state index in [0.717, 1.165) is 0 Å². The zero-order chi connectivity index (χ0) is 24.6. The van der Waals surface area contributed by atoms with Crippen molar-refractivity contribution in [1.29, 1.82) is 0 Å². The molecule has 3 heterocycles. The van der Waals surface area contributed by atoms with E-state index < -0.39 is 17.5 Å². The molecule has 34 heavy (non-hydrogen) atoms. The van der Waals surface area contributed by atoms with Gasteiger partial charge in [-0.3, -0.25) is 9.69 Å². The number of nitrogens with zero attached hydrogens (tertiary/aromatic N) is 3. The molecule has 0 radical (unpaired) electrons. The number of ether oxygens (including phenoxy) is 1. The highest BCUT2D eigenvalue weighted by Gasteiger charge is 2.35. The van der Waals surface area contributed by atoms with E-state index in [1.54, 1.807) is 18.7 Å². The summed E-state index contributed by atoms with van der Waals surface area (Å²) in [6.07, 6.45) is -0.547. The number of hydrogen-bond donors (Lipinski definition) is 3. The Morgan fingerprint density at radius 2 is 1.88 bits per heavy atom. The molecular weight excluding hydrogens is 442 g/mol. The molecule has 0 aliphatic carbocycles. The fraction of sp³-hybridized carbons (Fsp3) is 0.583. The van der Waals surface area contributed by atoms with Crippen molar-refractivity contribution in [1.82, 2.24) is 14.7 Å². The molecule has 4 rings (SSSR count). The number of aliphatic hydroxyl groups is 1. The first-order chi connectivity index (χ1) is 16.2. The number of amides is 1. The van der Waals surface area contributed by atoms with Crippen LogP contribution in [-0.4, -0.2) is 95.1 Å². The summed E-state index contributed by atoms with van der Waals surface area (Å²) in [7, 11) is 1.92. The number of aliphatic hydroxyl groups excluding tert-OH is 1. The fourth-order valence-corrected chi connectivity index (χ4v) is 5.00. The van der Waals surface area contributed by atoms with Crippen molar-refractivity contribution in [3.8, 4) is 11.5 Å². The van der Waals surface area contributed by atoms with E-state index in [-0.39, 0.29) is 40.7 Å². The number of hydrogen-bond acceptors (Lipinski definition) is 9. The quantitative estimate of drug-likeness (QED) is 0.604. The van der Waals surface area contributed by atoms with Crippen molar-refractivity contribution in [2.45, 2.75) is 38.8 Å². The minimum atomic E-state index is -0.760. The molecule has 1 amide bonds. The lowest BCUT2D eigenvalue weighted by molar-refractivity contribution is 0.0628. The molecule has 10 nitrogen and oxygen atoms in total. The Hall–Kier alpha value is -2.82. The first kappa shape index (κ1) is 24.3. The average molecular weight is 476 g/mol. The van der Waals surface area contributed by atoms with E-state index in [4.69, 9.17) is 9.15 Å². The average Bonchev–Trinajstić information content (AvgIpc) is 2.78. The lowest BCUT2D eigenvalue weighted by Gasteiger charge is -2.36. The summed E-state index contributed by atoms with van der Waals surface area (Å²) >= 11 is 0. The molecule has 0 saturated carbocycles. The Bertz CT molecular complexity index is 1120. The van der Waals surface area contributed by atoms with Crippen LogP contribution >= 0.6 is 0 Å². The molecule has 186 valence electrons. The summed E-state index contributed by atoms with van der Waals surface area (Å²) in [5, 5.41) is 33.3. The molecule has 0 bridgehead atoms. The van der Waals surface area contributed by atoms with E-state index >= 15 is 0 Å². The molecule has 2 aromatic rings. The maximum absolute atomic E-state index is 12.9. The van der Waals surface area contributed by atoms with Crippen molar-refractivity contribution in [3.05, 3.63) is 33.2 Å². The third kappa shape index (κ3) is 4.57. The third-order valence-electron chi connectivity index (χ3n) is 6.81. The monoisotopic (exact) mass is 475 g/mol. The van der Waals surface area contributed by atoms with Crippen LogP contribution in [0.25, 0.3) is 11.0 Å². The molecule has 0 unspecified atom stereocenters. The minimum Gasteiger partial charge on any atom is -0.507 e. The number of β-amino-alcohol motifs (C(OH)–C–C–N with tert-alkyl or cyclic N) is 1. The van der Waals surface area contributed by atoms with Gasteiger partial charge in [-0.1, -0.05) is 0 Å². The number of fused-ring (bicyclic) bond motifs is 1. The number of benzene rings is 1. The highest BCUT2D eigenvalue weighted by Crippen LogP contribution is 2.45. The van der Waals surface area contributed by atoms with Gasteiger partial charge in [0.05, 0.1) is 18.3 Å². The molecule has 10 heteroatoms. The maximum atomic E-state index is 12.9. The number of aryl methyl sites for hydroxylation is 1. The summed E-state index contributed by atoms with van der Waals surface area (Å²) in [5.74, 6) is -0.535. The van der Waals surface area contributed by atoms with Gasteiger partial charge < -0.3 is 34.3 Å². The molecule has 2 saturated heterocycles. The van der Waals surface area contributed by atoms with E-state index in [1.807, 2.05) is 16.8 Å². The molecule has 2 atom stereocenters. The highest BCUT2D eigenvalue weighted by molar-refractivity contribution is 5.90. The van der Waals surface area contributed by atoms with E-state index in [2.05, 4.69) is 0 Å². The zero-order valence-electron chi connectivity index (χ0n) is 19.9. The van der Waals surface area contributed by atoms with Crippen LogP contribution in [0.1, 0.15) is 36.1 Å². The minimum absolute atomic E-state index is 0.0182. The van der Waals surface area contributed by atoms with Gasteiger partial charge in [0.2, 0.25) is 0 Å². The largest absolute Gasteiger partial charge is 0.507 e. The van der Waals surface area contributed by atoms with Gasteiger partial charge in [0.25, 0.3) is 0 Å². The fourth-order valence-electron chi connectivity index (χ4n) is 5.00. The number of likely N-dealkylation sites (tertiary alicyclic amines) is 1. The summed E-state index contributed by atoms with van der Waals surface area (Å²) in [6, 6.07) is 1.32. The molecule has 2 fully saturated rings. The van der Waals surface area contributed by atoms with Gasteiger partial charge in [-0.15, -0.1) is 0 Å². The van der Waals surface area contributed by atoms with Crippen LogP contribution in [0.2, 0.25) is 0 Å². The Balaban J connectivity index is 1.72. The van der Waals surface area contributed by atoms with E-state index in [0.29, 0.717) is 63.6 Å². The Labute approximate surface area is 197 Å². The van der Waals surface area contributed by atoms with Crippen LogP contribution < -0.4 is 5.43 Å². The number of phenols is 2. The molecule has 3 N–H and O–H groups in total. The smallest absolute Gasteiger partial charge is 0.409 e. The second kappa shape index (κ2) is 9.81. The van der Waals surface area contributed by atoms with Gasteiger partial charge in [0.1, 0.15) is 28.2 Å². The topological polar surface area (TPSA) is 127 Å². The number of rotatable bonds is 4. The zero-order valence-corrected chi connectivity index (χ0v) is 19.9. The predicted molar refractivity (Wildman–Crippen MR) is 125 cm³/mol. The first-order valence-electron chi connectivity index (χ1n) is 11.7. The predicted octanol–water partition coefficient (Wildman–Crippen LogP) is 1.57. The van der Waals surface area contributed by atoms with E-state index in [1.165, 1.54) is 6.07 Å². The van der Waals surface area contributed by atoms with Crippen LogP contribution in [0.5, 0.6) is 11.5 Å². The highest BCUT2D eigenvalue weighted by atomic mass is 16.6. The number of piperidine rings is 1. The molecule has 1 aromatic heterocycles. The second-order valence-electron chi connectivity index (χ2n) is 9.20. The van der Waals surface area contributed by atoms with Crippen LogP contribution in [0.3, 0.4) is 0 Å². The van der Waals surface area contributed by atoms with Gasteiger partial charge in [-0.05, 0) is 33.9 Å². The van der Waals surface area contributed by atoms with Gasteiger partial charge in [0, 0.05) is 56.8 Å². The van der Waals surface area contributed by atoms with Crippen LogP contribution in [0, 0.1) is 6.92 Å². The molecular formula is C24H33N3O7. The second-order valence-corrected chi connectivity index (χ2v) is 9.20. The molecule has 2 aliphatic heterocycles. The number of piperazine rings is 1. The standard InChI is InChI=1S/C24H33N3O7/c1-4-33-24(32)27-9-7-26(8-10-27)12-16-21(30)19(15-5-6-25(3)13-18(15)29)23-20(22(16)31)17(28)11-14(2)34-23/h11,15,18,29-31H,4-10,12-13H2,1-3H3/t15-,18+/m0/s1. The number of carbonyl (C=O) groups excluding carboxylic acids is 1. The van der Waals surface area contributed by atoms with Gasteiger partial charge in [-0.25, -0.2) is 4.79 Å². The van der Waals surface area contributed by atoms with Gasteiger partial charge in [0.15, 0.2) is 5.43 Å². The van der Waals surface area contributed by atoms with Crippen molar-refractivity contribution < 1.29 is 29.3 Å². The van der Waals surface area contributed by atoms with Crippen molar-refractivity contribution in [3.63, 3.8) is 0 Å². The number of likely N-dealkylation sites (N-methyl/N-ethyl adjacent to an activating group) is 1. The SMILES string of the molecule is CCOC(=O)N1CCN(Cc2c(O)c([C@H]3CCN(C)C[C@H]3O)c3oc(C)cc(=O)c3c2O)CC1. The number of aromatic hydroxyl groups is 2. The van der Waals surface area contributed by atoms with Crippen molar-refractivity contribution in [2.24, 2.45) is 0 Å². The number of phenolic OH excluding ortho intramolecular Hbond substituents is 2. The summed E-state index contributed by atoms with van der Waals surface area (Å²) < 4.78 is 10.9. The summed E-state index contributed by atoms with van der Waals surface area (Å²) in [4.78, 5) is 30.5. The molecule has 1 aromatic carbocycles. The van der Waals surface area contributed by atoms with Crippen molar-refractivity contribution >= 4 is 17.1 Å². The Kier molecular flexibility index (Phi) is 7.01. The summed E-state index contributed by atoms with van der Waals surface area (Å²) in [5.41, 5.74) is 0.335. The van der Waals surface area contributed by atoms with Crippen LogP contribution in [0.15, 0.2) is 15.3 Å². The van der Waals surface area contributed by atoms with Crippen LogP contribution in [0.4, 0.5) is 4.79 Å². The van der Waals surface area contributed by atoms with E-state index in [9.17, 15) is 24.9 Å². The lowest BCUT2D eigenvalue weighted by atomic mass is 9.84. The molecule has 0 spiro atoms.